The number of likely N-dealkylation sites (N-methyl/N-ethyl adjacent to an activating group) is 1. The number of amides is 1. The monoisotopic (exact) mass is 347 g/mol. The summed E-state index contributed by atoms with van der Waals surface area (Å²) in [4.78, 5) is 14.1. The molecule has 132 valence electrons. The molecule has 1 aromatic heterocycles. The molecule has 0 radical (unpaired) electrons. The Morgan fingerprint density at radius 3 is 2.50 bits per heavy atom. The van der Waals surface area contributed by atoms with Gasteiger partial charge < -0.3 is 14.7 Å². The van der Waals surface area contributed by atoms with E-state index < -0.39 is 0 Å². The van der Waals surface area contributed by atoms with Gasteiger partial charge in [-0.1, -0.05) is 59.8 Å². The molecule has 1 N–H and O–H groups in total. The Kier molecular flexibility index (Phi) is 4.54. The summed E-state index contributed by atoms with van der Waals surface area (Å²) in [5.74, 6) is 0.991. The Hall–Kier alpha value is -2.92. The number of carbonyl (C=O) groups excluding carboxylic acids is 1. The first kappa shape index (κ1) is 16.5. The number of hydrogen-bond acceptors (Lipinski definition) is 4. The first-order valence-corrected chi connectivity index (χ1v) is 8.82. The van der Waals surface area contributed by atoms with E-state index in [1.165, 1.54) is 5.56 Å². The summed E-state index contributed by atoms with van der Waals surface area (Å²) >= 11 is 0. The molecule has 0 unspecified atom stereocenters. The maximum absolute atomic E-state index is 12.2. The highest BCUT2D eigenvalue weighted by Gasteiger charge is 2.27. The maximum atomic E-state index is 12.2. The number of aromatic nitrogens is 1. The van der Waals surface area contributed by atoms with Crippen LogP contribution in [0.25, 0.3) is 22.4 Å². The van der Waals surface area contributed by atoms with E-state index in [1.54, 1.807) is 7.05 Å². The van der Waals surface area contributed by atoms with Gasteiger partial charge in [-0.3, -0.25) is 4.79 Å². The highest BCUT2D eigenvalue weighted by atomic mass is 16.5. The number of rotatable bonds is 4. The fourth-order valence-corrected chi connectivity index (χ4v) is 3.36. The molecule has 2 aromatic carbocycles. The van der Waals surface area contributed by atoms with Crippen LogP contribution >= 0.6 is 0 Å². The van der Waals surface area contributed by atoms with Crippen LogP contribution in [0.4, 0.5) is 0 Å². The topological polar surface area (TPSA) is 58.4 Å². The van der Waals surface area contributed by atoms with E-state index in [9.17, 15) is 4.79 Å². The molecule has 3 aromatic rings. The Bertz CT molecular complexity index is 901. The van der Waals surface area contributed by atoms with Crippen LogP contribution in [0.1, 0.15) is 11.3 Å². The molecule has 0 saturated carbocycles. The van der Waals surface area contributed by atoms with Crippen molar-refractivity contribution in [3.05, 3.63) is 65.9 Å². The van der Waals surface area contributed by atoms with Gasteiger partial charge in [0.05, 0.1) is 13.1 Å². The minimum atomic E-state index is 0.102. The third kappa shape index (κ3) is 3.13. The highest BCUT2D eigenvalue weighted by Crippen LogP contribution is 2.31. The summed E-state index contributed by atoms with van der Waals surface area (Å²) < 4.78 is 5.54. The number of hydrogen-bond donors (Lipinski definition) is 1. The van der Waals surface area contributed by atoms with Gasteiger partial charge in [-0.15, -0.1) is 0 Å². The van der Waals surface area contributed by atoms with Crippen LogP contribution in [0.15, 0.2) is 59.1 Å². The predicted octanol–water partition coefficient (Wildman–Crippen LogP) is 3.11. The van der Waals surface area contributed by atoms with Crippen molar-refractivity contribution in [3.8, 4) is 22.4 Å². The van der Waals surface area contributed by atoms with Gasteiger partial charge in [0, 0.05) is 24.1 Å². The lowest BCUT2D eigenvalue weighted by atomic mass is 9.99. The lowest BCUT2D eigenvalue weighted by molar-refractivity contribution is -0.131. The van der Waals surface area contributed by atoms with Gasteiger partial charge >= 0.3 is 0 Å². The van der Waals surface area contributed by atoms with Crippen LogP contribution in [0.5, 0.6) is 0 Å². The molecular formula is C21H21N3O2. The van der Waals surface area contributed by atoms with E-state index in [2.05, 4.69) is 46.9 Å². The lowest BCUT2D eigenvalue weighted by Gasteiger charge is -2.26. The van der Waals surface area contributed by atoms with Gasteiger partial charge in [0.15, 0.2) is 0 Å². The van der Waals surface area contributed by atoms with Gasteiger partial charge in [-0.25, -0.2) is 0 Å². The summed E-state index contributed by atoms with van der Waals surface area (Å²) in [6, 6.07) is 18.6. The van der Waals surface area contributed by atoms with E-state index >= 15 is 0 Å². The van der Waals surface area contributed by atoms with Gasteiger partial charge in [0.1, 0.15) is 11.5 Å². The van der Waals surface area contributed by atoms with E-state index in [1.807, 2.05) is 23.1 Å². The number of fused-ring (bicyclic) bond motifs is 1. The maximum Gasteiger partial charge on any atom is 0.236 e. The van der Waals surface area contributed by atoms with E-state index in [4.69, 9.17) is 4.52 Å². The standard InChI is InChI=1S/C21H21N3O2/c1-22-13-20(25)24-12-11-19-18(14-24)21(23-26-19)17-9-7-16(8-10-17)15-5-3-2-4-6-15/h2-10,22H,11-14H2,1H3. The Balaban J connectivity index is 1.60. The summed E-state index contributed by atoms with van der Waals surface area (Å²) in [5.41, 5.74) is 5.22. The van der Waals surface area contributed by atoms with Crippen molar-refractivity contribution in [2.75, 3.05) is 20.1 Å². The second-order valence-electron chi connectivity index (χ2n) is 6.47. The molecule has 4 rings (SSSR count). The van der Waals surface area contributed by atoms with Crippen LogP contribution in [-0.4, -0.2) is 36.1 Å². The van der Waals surface area contributed by atoms with E-state index in [0.29, 0.717) is 26.1 Å². The average molecular weight is 347 g/mol. The number of benzene rings is 2. The molecule has 1 amide bonds. The molecular weight excluding hydrogens is 326 g/mol. The first-order chi connectivity index (χ1) is 12.8. The number of nitrogens with zero attached hydrogens (tertiary/aromatic N) is 2. The molecule has 26 heavy (non-hydrogen) atoms. The second-order valence-corrected chi connectivity index (χ2v) is 6.47. The molecule has 5 heteroatoms. The summed E-state index contributed by atoms with van der Waals surface area (Å²) in [6.45, 7) is 1.58. The largest absolute Gasteiger partial charge is 0.360 e. The minimum absolute atomic E-state index is 0.102. The molecule has 5 nitrogen and oxygen atoms in total. The predicted molar refractivity (Wildman–Crippen MR) is 100 cm³/mol. The van der Waals surface area contributed by atoms with Gasteiger partial charge in [0.2, 0.25) is 5.91 Å². The SMILES string of the molecule is CNCC(=O)N1CCc2onc(-c3ccc(-c4ccccc4)cc3)c2C1. The molecule has 0 saturated heterocycles. The van der Waals surface area contributed by atoms with E-state index in [0.717, 1.165) is 28.1 Å². The van der Waals surface area contributed by atoms with Crippen molar-refractivity contribution >= 4 is 5.91 Å². The van der Waals surface area contributed by atoms with E-state index in [-0.39, 0.29) is 5.91 Å². The molecule has 0 fully saturated rings. The second kappa shape index (κ2) is 7.14. The minimum Gasteiger partial charge on any atom is -0.360 e. The van der Waals surface area contributed by atoms with Crippen LogP contribution in [0.2, 0.25) is 0 Å². The molecule has 0 aliphatic carbocycles. The third-order valence-electron chi connectivity index (χ3n) is 4.77. The van der Waals surface area contributed by atoms with Crippen molar-refractivity contribution in [3.63, 3.8) is 0 Å². The third-order valence-corrected chi connectivity index (χ3v) is 4.77. The van der Waals surface area contributed by atoms with Crippen molar-refractivity contribution < 1.29 is 9.32 Å². The summed E-state index contributed by atoms with van der Waals surface area (Å²) in [5, 5.41) is 7.20. The van der Waals surface area contributed by atoms with Crippen LogP contribution in [0.3, 0.4) is 0 Å². The molecule has 1 aliphatic heterocycles. The summed E-state index contributed by atoms with van der Waals surface area (Å²) in [7, 11) is 1.78. The Morgan fingerprint density at radius 2 is 1.77 bits per heavy atom. The average Bonchev–Trinajstić information content (AvgIpc) is 3.12. The zero-order chi connectivity index (χ0) is 17.9. The smallest absolute Gasteiger partial charge is 0.236 e. The first-order valence-electron chi connectivity index (χ1n) is 8.82. The quantitative estimate of drug-likeness (QED) is 0.788. The van der Waals surface area contributed by atoms with Crippen LogP contribution in [-0.2, 0) is 17.8 Å². The molecule has 0 spiro atoms. The van der Waals surface area contributed by atoms with Gasteiger partial charge in [-0.2, -0.15) is 0 Å². The van der Waals surface area contributed by atoms with Crippen molar-refractivity contribution in [1.29, 1.82) is 0 Å². The normalized spacial score (nSPS) is 13.5. The fourth-order valence-electron chi connectivity index (χ4n) is 3.36. The number of carbonyl (C=O) groups is 1. The fraction of sp³-hybridized carbons (Fsp3) is 0.238. The van der Waals surface area contributed by atoms with Gasteiger partial charge in [0.25, 0.3) is 0 Å². The van der Waals surface area contributed by atoms with Crippen LogP contribution in [0, 0.1) is 0 Å². The summed E-state index contributed by atoms with van der Waals surface area (Å²) in [6.07, 6.45) is 0.708. The Morgan fingerprint density at radius 1 is 1.08 bits per heavy atom. The van der Waals surface area contributed by atoms with Crippen molar-refractivity contribution in [1.82, 2.24) is 15.4 Å². The van der Waals surface area contributed by atoms with Crippen molar-refractivity contribution in [2.45, 2.75) is 13.0 Å². The molecule has 1 aliphatic rings. The molecule has 0 bridgehead atoms. The zero-order valence-corrected chi connectivity index (χ0v) is 14.7. The van der Waals surface area contributed by atoms with Crippen molar-refractivity contribution in [2.24, 2.45) is 0 Å². The highest BCUT2D eigenvalue weighted by molar-refractivity contribution is 5.79. The zero-order valence-electron chi connectivity index (χ0n) is 14.7. The lowest BCUT2D eigenvalue weighted by Crippen LogP contribution is -2.40. The van der Waals surface area contributed by atoms with Gasteiger partial charge in [-0.05, 0) is 18.2 Å². The molecule has 0 atom stereocenters. The Labute approximate surface area is 152 Å². The molecule has 2 heterocycles. The van der Waals surface area contributed by atoms with Crippen LogP contribution < -0.4 is 5.32 Å². The number of nitrogens with one attached hydrogen (secondary N) is 1.